The number of ether oxygens (including phenoxy) is 1. The number of alkyl halides is 3. The van der Waals surface area contributed by atoms with Gasteiger partial charge in [0, 0.05) is 0 Å². The molecule has 0 spiro atoms. The van der Waals surface area contributed by atoms with Crippen LogP contribution >= 0.6 is 0 Å². The van der Waals surface area contributed by atoms with E-state index in [-0.39, 0.29) is 17.7 Å². The van der Waals surface area contributed by atoms with Crippen LogP contribution in [0.2, 0.25) is 0 Å². The van der Waals surface area contributed by atoms with Gasteiger partial charge in [-0.2, -0.15) is 10.5 Å². The number of nitriles is 2. The molecule has 0 saturated carbocycles. The molecular formula is C9H5F3N4O. The van der Waals surface area contributed by atoms with Crippen LogP contribution in [-0.2, 0) is 6.42 Å². The number of halogens is 3. The topological polar surface area (TPSA) is 95.7 Å². The van der Waals surface area contributed by atoms with Crippen molar-refractivity contribution >= 4 is 5.69 Å². The van der Waals surface area contributed by atoms with Gasteiger partial charge in [0.2, 0.25) is 0 Å². The lowest BCUT2D eigenvalue weighted by Gasteiger charge is -2.12. The average Bonchev–Trinajstić information content (AvgIpc) is 2.21. The quantitative estimate of drug-likeness (QED) is 0.847. The largest absolute Gasteiger partial charge is 0.573 e. The van der Waals surface area contributed by atoms with Crippen LogP contribution in [0.4, 0.5) is 18.9 Å². The number of hydrogen-bond donors (Lipinski definition) is 1. The molecule has 0 bridgehead atoms. The summed E-state index contributed by atoms with van der Waals surface area (Å²) in [4.78, 5) is 3.53. The monoisotopic (exact) mass is 242 g/mol. The second-order valence-electron chi connectivity index (χ2n) is 2.85. The van der Waals surface area contributed by atoms with Gasteiger partial charge in [0.1, 0.15) is 11.6 Å². The Morgan fingerprint density at radius 2 is 2.06 bits per heavy atom. The highest BCUT2D eigenvalue weighted by molar-refractivity contribution is 5.64. The van der Waals surface area contributed by atoms with E-state index < -0.39 is 17.8 Å². The van der Waals surface area contributed by atoms with Crippen molar-refractivity contribution in [2.75, 3.05) is 5.73 Å². The van der Waals surface area contributed by atoms with E-state index in [0.717, 1.165) is 6.20 Å². The summed E-state index contributed by atoms with van der Waals surface area (Å²) in [5.74, 6) is -0.754. The third-order valence-electron chi connectivity index (χ3n) is 1.75. The fourth-order valence-corrected chi connectivity index (χ4v) is 1.09. The zero-order chi connectivity index (χ0) is 13.1. The lowest BCUT2D eigenvalue weighted by Crippen LogP contribution is -2.19. The normalized spacial score (nSPS) is 10.4. The number of hydrogen-bond acceptors (Lipinski definition) is 5. The molecule has 0 atom stereocenters. The molecule has 17 heavy (non-hydrogen) atoms. The molecule has 0 fully saturated rings. The Hall–Kier alpha value is -2.48. The van der Waals surface area contributed by atoms with Gasteiger partial charge in [-0.15, -0.1) is 13.2 Å². The number of rotatable bonds is 2. The van der Waals surface area contributed by atoms with E-state index in [9.17, 15) is 13.2 Å². The fourth-order valence-electron chi connectivity index (χ4n) is 1.09. The molecule has 1 rings (SSSR count). The maximum atomic E-state index is 12.0. The molecule has 0 aliphatic rings. The van der Waals surface area contributed by atoms with E-state index >= 15 is 0 Å². The predicted octanol–water partition coefficient (Wildman–Crippen LogP) is 1.50. The summed E-state index contributed by atoms with van der Waals surface area (Å²) in [6.45, 7) is 0. The van der Waals surface area contributed by atoms with Crippen LogP contribution in [0.1, 0.15) is 11.3 Å². The first-order valence-electron chi connectivity index (χ1n) is 4.19. The Kier molecular flexibility index (Phi) is 3.39. The average molecular weight is 242 g/mol. The molecule has 8 heteroatoms. The summed E-state index contributed by atoms with van der Waals surface area (Å²) in [5.41, 5.74) is 4.59. The minimum Gasteiger partial charge on any atom is -0.402 e. The number of nitrogens with two attached hydrogens (primary N) is 1. The minimum atomic E-state index is -4.92. The highest BCUT2D eigenvalue weighted by Crippen LogP contribution is 2.30. The van der Waals surface area contributed by atoms with E-state index in [0.29, 0.717) is 0 Å². The zero-order valence-electron chi connectivity index (χ0n) is 8.25. The Morgan fingerprint density at radius 1 is 1.41 bits per heavy atom. The summed E-state index contributed by atoms with van der Waals surface area (Å²) in [5, 5.41) is 17.2. The summed E-state index contributed by atoms with van der Waals surface area (Å²) >= 11 is 0. The first-order chi connectivity index (χ1) is 7.89. The molecule has 0 aromatic carbocycles. The summed E-state index contributed by atoms with van der Waals surface area (Å²) < 4.78 is 39.5. The van der Waals surface area contributed by atoms with Crippen molar-refractivity contribution in [1.29, 1.82) is 10.5 Å². The van der Waals surface area contributed by atoms with Crippen molar-refractivity contribution in [3.05, 3.63) is 17.5 Å². The van der Waals surface area contributed by atoms with Gasteiger partial charge in [-0.25, -0.2) is 0 Å². The van der Waals surface area contributed by atoms with Crippen molar-refractivity contribution in [1.82, 2.24) is 4.98 Å². The summed E-state index contributed by atoms with van der Waals surface area (Å²) in [6, 6.07) is 3.31. The number of nitrogen functional groups attached to an aromatic ring is 1. The summed E-state index contributed by atoms with van der Waals surface area (Å²) in [6.07, 6.45) is -4.41. The van der Waals surface area contributed by atoms with Crippen molar-refractivity contribution in [3.8, 4) is 17.9 Å². The van der Waals surface area contributed by atoms with Crippen LogP contribution in [0.3, 0.4) is 0 Å². The fraction of sp³-hybridized carbons (Fsp3) is 0.222. The molecule has 0 aliphatic heterocycles. The Balaban J connectivity index is 3.22. The Morgan fingerprint density at radius 3 is 2.53 bits per heavy atom. The van der Waals surface area contributed by atoms with Crippen LogP contribution in [-0.4, -0.2) is 11.3 Å². The highest BCUT2D eigenvalue weighted by atomic mass is 19.4. The Bertz CT molecular complexity index is 513. The maximum Gasteiger partial charge on any atom is 0.573 e. The third-order valence-corrected chi connectivity index (χ3v) is 1.75. The molecule has 0 unspecified atom stereocenters. The van der Waals surface area contributed by atoms with E-state index in [1.165, 1.54) is 0 Å². The molecule has 88 valence electrons. The molecule has 1 aromatic rings. The van der Waals surface area contributed by atoms with Gasteiger partial charge in [-0.3, -0.25) is 4.98 Å². The second-order valence-corrected chi connectivity index (χ2v) is 2.85. The van der Waals surface area contributed by atoms with E-state index in [1.54, 1.807) is 12.1 Å². The van der Waals surface area contributed by atoms with Crippen molar-refractivity contribution in [2.45, 2.75) is 12.8 Å². The first kappa shape index (κ1) is 12.6. The number of aromatic nitrogens is 1. The predicted molar refractivity (Wildman–Crippen MR) is 49.4 cm³/mol. The zero-order valence-corrected chi connectivity index (χ0v) is 8.25. The van der Waals surface area contributed by atoms with Crippen LogP contribution < -0.4 is 10.5 Å². The molecule has 0 amide bonds. The van der Waals surface area contributed by atoms with Crippen LogP contribution in [0.25, 0.3) is 0 Å². The van der Waals surface area contributed by atoms with Crippen LogP contribution in [0.5, 0.6) is 5.75 Å². The van der Waals surface area contributed by atoms with Crippen molar-refractivity contribution in [3.63, 3.8) is 0 Å². The molecule has 1 heterocycles. The first-order valence-corrected chi connectivity index (χ1v) is 4.19. The van der Waals surface area contributed by atoms with Gasteiger partial charge >= 0.3 is 6.36 Å². The lowest BCUT2D eigenvalue weighted by molar-refractivity contribution is -0.274. The molecule has 0 aliphatic carbocycles. The van der Waals surface area contributed by atoms with Gasteiger partial charge < -0.3 is 10.5 Å². The van der Waals surface area contributed by atoms with Gasteiger partial charge in [0.25, 0.3) is 0 Å². The molecule has 5 nitrogen and oxygen atoms in total. The van der Waals surface area contributed by atoms with Gasteiger partial charge in [-0.1, -0.05) is 0 Å². The van der Waals surface area contributed by atoms with Crippen LogP contribution in [0, 0.1) is 22.7 Å². The van der Waals surface area contributed by atoms with Crippen molar-refractivity contribution in [2.24, 2.45) is 0 Å². The Labute approximate surface area is 93.8 Å². The maximum absolute atomic E-state index is 12.0. The molecule has 0 radical (unpaired) electrons. The molecule has 0 saturated heterocycles. The minimum absolute atomic E-state index is 0.0158. The standard InChI is InChI=1S/C9H5F3N4O/c10-9(11,12)17-7-4-16-6(1-2-13)5(3-14)8(7)15/h4H,1H2,(H2,15,16). The highest BCUT2D eigenvalue weighted by Gasteiger charge is 2.32. The van der Waals surface area contributed by atoms with Crippen LogP contribution in [0.15, 0.2) is 6.20 Å². The van der Waals surface area contributed by atoms with E-state index in [1.807, 2.05) is 0 Å². The SMILES string of the molecule is N#CCc1ncc(OC(F)(F)F)c(N)c1C#N. The third kappa shape index (κ3) is 2.98. The molecule has 1 aromatic heterocycles. The smallest absolute Gasteiger partial charge is 0.402 e. The summed E-state index contributed by atoms with van der Waals surface area (Å²) in [7, 11) is 0. The number of pyridine rings is 1. The second kappa shape index (κ2) is 4.58. The molecule has 2 N–H and O–H groups in total. The van der Waals surface area contributed by atoms with E-state index in [4.69, 9.17) is 16.3 Å². The number of nitrogens with zero attached hydrogens (tertiary/aromatic N) is 3. The van der Waals surface area contributed by atoms with Gasteiger partial charge in [0.15, 0.2) is 5.75 Å². The lowest BCUT2D eigenvalue weighted by atomic mass is 10.1. The van der Waals surface area contributed by atoms with Crippen molar-refractivity contribution < 1.29 is 17.9 Å². The number of anilines is 1. The van der Waals surface area contributed by atoms with Gasteiger partial charge in [-0.05, 0) is 0 Å². The van der Waals surface area contributed by atoms with E-state index in [2.05, 4.69) is 9.72 Å². The van der Waals surface area contributed by atoms with Gasteiger partial charge in [0.05, 0.1) is 30.1 Å². The molecular weight excluding hydrogens is 237 g/mol.